The average molecular weight is 475 g/mol. The van der Waals surface area contributed by atoms with Crippen LogP contribution < -0.4 is 10.6 Å². The predicted octanol–water partition coefficient (Wildman–Crippen LogP) is 3.76. The van der Waals surface area contributed by atoms with Gasteiger partial charge in [0.2, 0.25) is 5.91 Å². The van der Waals surface area contributed by atoms with Crippen LogP contribution in [0.3, 0.4) is 0 Å². The molecule has 1 heterocycles. The zero-order valence-electron chi connectivity index (χ0n) is 19.2. The van der Waals surface area contributed by atoms with Gasteiger partial charge in [0.15, 0.2) is 5.69 Å². The van der Waals surface area contributed by atoms with Gasteiger partial charge in [-0.3, -0.25) is 9.48 Å². The number of anilines is 1. The minimum absolute atomic E-state index is 0.0379. The molecule has 0 radical (unpaired) electrons. The van der Waals surface area contributed by atoms with Crippen LogP contribution >= 0.6 is 0 Å². The highest BCUT2D eigenvalue weighted by Gasteiger charge is 2.35. The Morgan fingerprint density at radius 3 is 2.29 bits per heavy atom. The Kier molecular flexibility index (Phi) is 5.98. The molecule has 9 heteroatoms. The van der Waals surface area contributed by atoms with Gasteiger partial charge in [0.05, 0.1) is 0 Å². The van der Waals surface area contributed by atoms with Gasteiger partial charge in [-0.2, -0.15) is 5.10 Å². The summed E-state index contributed by atoms with van der Waals surface area (Å²) in [6.45, 7) is 0.205. The first kappa shape index (κ1) is 22.6. The topological polar surface area (TPSA) is 123 Å². The van der Waals surface area contributed by atoms with Crippen LogP contribution in [0.15, 0.2) is 54.6 Å². The van der Waals surface area contributed by atoms with Gasteiger partial charge in [0, 0.05) is 31.5 Å². The Hall–Kier alpha value is -4.14. The number of alkyl carbamates (subject to hydrolysis) is 1. The second-order valence-electron chi connectivity index (χ2n) is 9.01. The van der Waals surface area contributed by atoms with Crippen molar-refractivity contribution in [2.75, 3.05) is 11.9 Å². The van der Waals surface area contributed by atoms with E-state index in [4.69, 9.17) is 9.84 Å². The molecule has 2 amide bonds. The van der Waals surface area contributed by atoms with Crippen molar-refractivity contribution in [3.8, 4) is 11.1 Å². The van der Waals surface area contributed by atoms with E-state index in [1.165, 1.54) is 10.7 Å². The fourth-order valence-corrected chi connectivity index (χ4v) is 4.71. The summed E-state index contributed by atoms with van der Waals surface area (Å²) in [6.07, 6.45) is 1.36. The summed E-state index contributed by atoms with van der Waals surface area (Å²) in [5, 5.41) is 18.5. The number of benzene rings is 2. The lowest BCUT2D eigenvalue weighted by Gasteiger charge is -2.19. The first-order valence-electron chi connectivity index (χ1n) is 11.6. The number of carboxylic acids is 1. The molecular weight excluding hydrogens is 448 g/mol. The SMILES string of the molecule is Cn1nc(C(=O)O)cc1NC(=O)CC(NC(=O)OCC1c2ccccc2-c2ccccc21)C1CC1. The average Bonchev–Trinajstić information content (AvgIpc) is 3.56. The molecule has 180 valence electrons. The maximum Gasteiger partial charge on any atom is 0.407 e. The Labute approximate surface area is 202 Å². The van der Waals surface area contributed by atoms with Crippen molar-refractivity contribution in [1.82, 2.24) is 15.1 Å². The van der Waals surface area contributed by atoms with Crippen LogP contribution in [-0.4, -0.2) is 45.5 Å². The molecule has 0 bridgehead atoms. The summed E-state index contributed by atoms with van der Waals surface area (Å²) in [4.78, 5) is 36.4. The van der Waals surface area contributed by atoms with Gasteiger partial charge in [-0.1, -0.05) is 48.5 Å². The molecule has 2 aromatic carbocycles. The lowest BCUT2D eigenvalue weighted by Crippen LogP contribution is -2.40. The van der Waals surface area contributed by atoms with Crippen molar-refractivity contribution in [2.24, 2.45) is 13.0 Å². The molecule has 1 unspecified atom stereocenters. The van der Waals surface area contributed by atoms with Crippen LogP contribution in [-0.2, 0) is 16.6 Å². The van der Waals surface area contributed by atoms with Crippen LogP contribution in [0.1, 0.15) is 46.8 Å². The molecule has 2 aliphatic rings. The van der Waals surface area contributed by atoms with Gasteiger partial charge in [0.25, 0.3) is 0 Å². The second kappa shape index (κ2) is 9.25. The summed E-state index contributed by atoms with van der Waals surface area (Å²) in [5.41, 5.74) is 4.43. The van der Waals surface area contributed by atoms with Gasteiger partial charge in [-0.25, -0.2) is 9.59 Å². The molecule has 9 nitrogen and oxygen atoms in total. The Morgan fingerprint density at radius 1 is 1.09 bits per heavy atom. The zero-order chi connectivity index (χ0) is 24.5. The molecule has 0 spiro atoms. The van der Waals surface area contributed by atoms with Crippen molar-refractivity contribution in [2.45, 2.75) is 31.2 Å². The third-order valence-corrected chi connectivity index (χ3v) is 6.61. The number of aromatic nitrogens is 2. The van der Waals surface area contributed by atoms with Crippen molar-refractivity contribution >= 4 is 23.8 Å². The minimum atomic E-state index is -1.17. The summed E-state index contributed by atoms with van der Waals surface area (Å²) in [6, 6.07) is 17.2. The van der Waals surface area contributed by atoms with E-state index < -0.39 is 12.1 Å². The van der Waals surface area contributed by atoms with E-state index in [0.717, 1.165) is 35.1 Å². The number of nitrogens with one attached hydrogen (secondary N) is 2. The highest BCUT2D eigenvalue weighted by molar-refractivity contribution is 5.93. The van der Waals surface area contributed by atoms with Gasteiger partial charge < -0.3 is 20.5 Å². The number of aryl methyl sites for hydroxylation is 1. The maximum absolute atomic E-state index is 12.7. The van der Waals surface area contributed by atoms with E-state index >= 15 is 0 Å². The summed E-state index contributed by atoms with van der Waals surface area (Å²) in [7, 11) is 1.55. The highest BCUT2D eigenvalue weighted by Crippen LogP contribution is 2.44. The molecule has 3 aromatic rings. The van der Waals surface area contributed by atoms with Gasteiger partial charge in [0.1, 0.15) is 12.4 Å². The smallest absolute Gasteiger partial charge is 0.407 e. The van der Waals surface area contributed by atoms with E-state index in [2.05, 4.69) is 40.0 Å². The standard InChI is InChI=1S/C26H26N4O5/c1-30-23(12-22(29-30)25(32)33)28-24(31)13-21(15-10-11-15)27-26(34)35-14-20-18-8-4-2-6-16(18)17-7-3-5-9-19(17)20/h2-9,12,15,20-21H,10-11,13-14H2,1H3,(H,27,34)(H,28,31)(H,32,33). The van der Waals surface area contributed by atoms with Crippen molar-refractivity contribution in [3.63, 3.8) is 0 Å². The van der Waals surface area contributed by atoms with Crippen molar-refractivity contribution in [3.05, 3.63) is 71.4 Å². The predicted molar refractivity (Wildman–Crippen MR) is 128 cm³/mol. The van der Waals surface area contributed by atoms with Crippen LogP contribution in [0, 0.1) is 5.92 Å². The quantitative estimate of drug-likeness (QED) is 0.457. The Morgan fingerprint density at radius 2 is 1.71 bits per heavy atom. The van der Waals surface area contributed by atoms with Crippen LogP contribution in [0.25, 0.3) is 11.1 Å². The number of fused-ring (bicyclic) bond motifs is 3. The molecule has 1 saturated carbocycles. The summed E-state index contributed by atoms with van der Waals surface area (Å²) >= 11 is 0. The third kappa shape index (κ3) is 4.75. The fourth-order valence-electron chi connectivity index (χ4n) is 4.71. The van der Waals surface area contributed by atoms with Gasteiger partial charge in [-0.15, -0.1) is 0 Å². The second-order valence-corrected chi connectivity index (χ2v) is 9.01. The minimum Gasteiger partial charge on any atom is -0.476 e. The van der Waals surface area contributed by atoms with Crippen molar-refractivity contribution in [1.29, 1.82) is 0 Å². The van der Waals surface area contributed by atoms with Crippen LogP contribution in [0.4, 0.5) is 10.6 Å². The molecule has 5 rings (SSSR count). The first-order chi connectivity index (χ1) is 16.9. The lowest BCUT2D eigenvalue weighted by molar-refractivity contribution is -0.116. The first-order valence-corrected chi connectivity index (χ1v) is 11.6. The highest BCUT2D eigenvalue weighted by atomic mass is 16.5. The Balaban J connectivity index is 1.20. The van der Waals surface area contributed by atoms with Crippen molar-refractivity contribution < 1.29 is 24.2 Å². The monoisotopic (exact) mass is 474 g/mol. The normalized spacial score (nSPS) is 15.1. The van der Waals surface area contributed by atoms with Gasteiger partial charge >= 0.3 is 12.1 Å². The van der Waals surface area contributed by atoms with E-state index in [1.54, 1.807) is 7.05 Å². The van der Waals surface area contributed by atoms with E-state index in [0.29, 0.717) is 0 Å². The summed E-state index contributed by atoms with van der Waals surface area (Å²) in [5.74, 6) is -1.05. The Bertz CT molecular complexity index is 1250. The number of amides is 2. The molecule has 0 aliphatic heterocycles. The molecule has 35 heavy (non-hydrogen) atoms. The number of hydrogen-bond donors (Lipinski definition) is 3. The number of rotatable bonds is 8. The molecule has 2 aliphatic carbocycles. The molecule has 1 fully saturated rings. The molecule has 1 aromatic heterocycles. The number of aromatic carboxylic acids is 1. The fraction of sp³-hybridized carbons (Fsp3) is 0.308. The number of nitrogens with zero attached hydrogens (tertiary/aromatic N) is 2. The van der Waals surface area contributed by atoms with E-state index in [1.807, 2.05) is 24.3 Å². The number of hydrogen-bond acceptors (Lipinski definition) is 5. The van der Waals surface area contributed by atoms with Crippen LogP contribution in [0.5, 0.6) is 0 Å². The lowest BCUT2D eigenvalue weighted by atomic mass is 9.98. The molecule has 3 N–H and O–H groups in total. The number of carboxylic acid groups (broad SMARTS) is 1. The summed E-state index contributed by atoms with van der Waals surface area (Å²) < 4.78 is 6.93. The third-order valence-electron chi connectivity index (χ3n) is 6.61. The molecule has 1 atom stereocenters. The van der Waals surface area contributed by atoms with Crippen LogP contribution in [0.2, 0.25) is 0 Å². The van der Waals surface area contributed by atoms with E-state index in [-0.39, 0.29) is 48.3 Å². The zero-order valence-corrected chi connectivity index (χ0v) is 19.2. The number of carbonyl (C=O) groups is 3. The largest absolute Gasteiger partial charge is 0.476 e. The molecular formula is C26H26N4O5. The van der Waals surface area contributed by atoms with E-state index in [9.17, 15) is 14.4 Å². The molecule has 0 saturated heterocycles. The number of carbonyl (C=O) groups excluding carboxylic acids is 2. The maximum atomic E-state index is 12.7. The number of ether oxygens (including phenoxy) is 1. The van der Waals surface area contributed by atoms with Gasteiger partial charge in [-0.05, 0) is 41.0 Å².